The van der Waals surface area contributed by atoms with Crippen LogP contribution in [0.3, 0.4) is 0 Å². The Balaban J connectivity index is 1.46. The maximum Gasteiger partial charge on any atom is 0.262 e. The minimum atomic E-state index is 0.0813. The summed E-state index contributed by atoms with van der Waals surface area (Å²) in [5, 5.41) is 8.84. The highest BCUT2D eigenvalue weighted by molar-refractivity contribution is 7.98. The lowest BCUT2D eigenvalue weighted by Gasteiger charge is -2.11. The average Bonchev–Trinajstić information content (AvgIpc) is 3.15. The summed E-state index contributed by atoms with van der Waals surface area (Å²) in [7, 11) is 0. The first-order chi connectivity index (χ1) is 12.8. The second-order valence-corrected chi connectivity index (χ2v) is 8.84. The van der Waals surface area contributed by atoms with Gasteiger partial charge in [0.2, 0.25) is 0 Å². The van der Waals surface area contributed by atoms with Crippen molar-refractivity contribution in [1.29, 1.82) is 0 Å². The van der Waals surface area contributed by atoms with Gasteiger partial charge in [0.05, 0.1) is 16.6 Å². The van der Waals surface area contributed by atoms with E-state index < -0.39 is 0 Å². The second-order valence-electron chi connectivity index (χ2n) is 6.26. The number of hydrogen-bond acceptors (Lipinski definition) is 6. The van der Waals surface area contributed by atoms with Crippen molar-refractivity contribution in [2.75, 3.05) is 0 Å². The molecule has 1 saturated carbocycles. The van der Waals surface area contributed by atoms with E-state index in [0.29, 0.717) is 11.4 Å². The highest BCUT2D eigenvalue weighted by Gasteiger charge is 2.28. The summed E-state index contributed by atoms with van der Waals surface area (Å²) in [5.74, 6) is 0.720. The van der Waals surface area contributed by atoms with E-state index in [0.717, 1.165) is 40.0 Å². The molecule has 0 spiro atoms. The Bertz CT molecular complexity index is 1130. The Hall–Kier alpha value is -1.96. The molecule has 130 valence electrons. The van der Waals surface area contributed by atoms with Gasteiger partial charge in [-0.1, -0.05) is 23.9 Å². The van der Waals surface area contributed by atoms with Crippen LogP contribution in [-0.4, -0.2) is 14.5 Å². The fourth-order valence-corrected chi connectivity index (χ4v) is 5.51. The molecule has 0 aliphatic heterocycles. The van der Waals surface area contributed by atoms with E-state index >= 15 is 0 Å². The zero-order chi connectivity index (χ0) is 17.5. The van der Waals surface area contributed by atoms with Crippen LogP contribution >= 0.6 is 34.4 Å². The Morgan fingerprint density at radius 2 is 2.04 bits per heavy atom. The summed E-state index contributed by atoms with van der Waals surface area (Å²) >= 11 is 4.95. The number of thiazole rings is 1. The molecule has 1 aromatic carbocycles. The van der Waals surface area contributed by atoms with Gasteiger partial charge in [-0.05, 0) is 36.4 Å². The van der Waals surface area contributed by atoms with E-state index in [4.69, 9.17) is 9.97 Å². The molecule has 3 heterocycles. The zero-order valence-electron chi connectivity index (χ0n) is 13.8. The van der Waals surface area contributed by atoms with E-state index in [2.05, 4.69) is 22.2 Å². The van der Waals surface area contributed by atoms with Gasteiger partial charge in [-0.2, -0.15) is 11.3 Å². The van der Waals surface area contributed by atoms with Gasteiger partial charge in [0, 0.05) is 28.1 Å². The molecule has 1 aliphatic rings. The van der Waals surface area contributed by atoms with E-state index in [9.17, 15) is 4.79 Å². The van der Waals surface area contributed by atoms with Crippen LogP contribution in [0, 0.1) is 0 Å². The normalized spacial score (nSPS) is 14.2. The van der Waals surface area contributed by atoms with E-state index in [-0.39, 0.29) is 5.56 Å². The monoisotopic (exact) mass is 397 g/mol. The van der Waals surface area contributed by atoms with Crippen LogP contribution in [0.1, 0.15) is 24.6 Å². The van der Waals surface area contributed by atoms with Gasteiger partial charge in [0.15, 0.2) is 5.16 Å². The van der Waals surface area contributed by atoms with Gasteiger partial charge in [-0.3, -0.25) is 9.36 Å². The third kappa shape index (κ3) is 3.00. The zero-order valence-corrected chi connectivity index (χ0v) is 16.2. The van der Waals surface area contributed by atoms with Crippen molar-refractivity contribution < 1.29 is 0 Å². The number of thiophene rings is 1. The molecule has 1 aliphatic carbocycles. The second kappa shape index (κ2) is 6.64. The number of thioether (sulfide) groups is 1. The predicted octanol–water partition coefficient (Wildman–Crippen LogP) is 5.21. The summed E-state index contributed by atoms with van der Waals surface area (Å²) in [6, 6.07) is 10.0. The SMILES string of the molecule is O=c1c2ccccc2nc(SCc2csc(-c3ccsc3)n2)n1C1CC1. The fraction of sp³-hybridized carbons (Fsp3) is 0.211. The van der Waals surface area contributed by atoms with Crippen molar-refractivity contribution in [3.8, 4) is 10.6 Å². The third-order valence-electron chi connectivity index (χ3n) is 4.36. The molecule has 1 fully saturated rings. The van der Waals surface area contributed by atoms with Gasteiger partial charge in [-0.15, -0.1) is 11.3 Å². The molecular weight excluding hydrogens is 382 g/mol. The van der Waals surface area contributed by atoms with Crippen molar-refractivity contribution in [1.82, 2.24) is 14.5 Å². The van der Waals surface area contributed by atoms with Crippen LogP contribution in [0.5, 0.6) is 0 Å². The van der Waals surface area contributed by atoms with Crippen LogP contribution < -0.4 is 5.56 Å². The van der Waals surface area contributed by atoms with Gasteiger partial charge < -0.3 is 0 Å². The number of para-hydroxylation sites is 1. The molecule has 0 amide bonds. The van der Waals surface area contributed by atoms with Crippen LogP contribution in [0.2, 0.25) is 0 Å². The number of hydrogen-bond donors (Lipinski definition) is 0. The summed E-state index contributed by atoms with van der Waals surface area (Å²) in [5.41, 5.74) is 3.06. The largest absolute Gasteiger partial charge is 0.284 e. The number of fused-ring (bicyclic) bond motifs is 1. The lowest BCUT2D eigenvalue weighted by molar-refractivity contribution is 0.618. The van der Waals surface area contributed by atoms with Crippen LogP contribution in [0.15, 0.2) is 56.4 Å². The molecule has 7 heteroatoms. The minimum Gasteiger partial charge on any atom is -0.284 e. The van der Waals surface area contributed by atoms with Crippen LogP contribution in [-0.2, 0) is 5.75 Å². The molecular formula is C19H15N3OS3. The number of benzene rings is 1. The topological polar surface area (TPSA) is 47.8 Å². The number of rotatable bonds is 5. The predicted molar refractivity (Wildman–Crippen MR) is 109 cm³/mol. The van der Waals surface area contributed by atoms with Crippen molar-refractivity contribution in [2.24, 2.45) is 0 Å². The van der Waals surface area contributed by atoms with E-state index in [1.165, 1.54) is 5.56 Å². The Morgan fingerprint density at radius 1 is 1.15 bits per heavy atom. The first-order valence-corrected chi connectivity index (χ1v) is 11.2. The fourth-order valence-electron chi connectivity index (χ4n) is 2.91. The molecule has 0 N–H and O–H groups in total. The molecule has 4 nitrogen and oxygen atoms in total. The summed E-state index contributed by atoms with van der Waals surface area (Å²) in [6.07, 6.45) is 2.12. The molecule has 26 heavy (non-hydrogen) atoms. The van der Waals surface area contributed by atoms with Crippen molar-refractivity contribution in [3.63, 3.8) is 0 Å². The van der Waals surface area contributed by atoms with Gasteiger partial charge in [0.25, 0.3) is 5.56 Å². The highest BCUT2D eigenvalue weighted by Crippen LogP contribution is 2.37. The van der Waals surface area contributed by atoms with E-state index in [1.807, 2.05) is 28.8 Å². The summed E-state index contributed by atoms with van der Waals surface area (Å²) in [4.78, 5) is 22.4. The molecule has 5 rings (SSSR count). The number of nitrogens with zero attached hydrogens (tertiary/aromatic N) is 3. The molecule has 0 unspecified atom stereocenters. The molecule has 4 aromatic rings. The number of aromatic nitrogens is 3. The average molecular weight is 398 g/mol. The quantitative estimate of drug-likeness (QED) is 0.343. The Labute approximate surface area is 162 Å². The van der Waals surface area contributed by atoms with Crippen molar-refractivity contribution in [3.05, 3.63) is 62.5 Å². The van der Waals surface area contributed by atoms with Gasteiger partial charge >= 0.3 is 0 Å². The Kier molecular flexibility index (Phi) is 4.15. The first kappa shape index (κ1) is 16.2. The van der Waals surface area contributed by atoms with Crippen molar-refractivity contribution in [2.45, 2.75) is 29.8 Å². The molecule has 0 atom stereocenters. The Morgan fingerprint density at radius 3 is 2.85 bits per heavy atom. The third-order valence-corrected chi connectivity index (χ3v) is 6.97. The molecule has 0 bridgehead atoms. The first-order valence-electron chi connectivity index (χ1n) is 8.40. The van der Waals surface area contributed by atoms with Crippen LogP contribution in [0.4, 0.5) is 0 Å². The van der Waals surface area contributed by atoms with Gasteiger partial charge in [-0.25, -0.2) is 9.97 Å². The smallest absolute Gasteiger partial charge is 0.262 e. The lowest BCUT2D eigenvalue weighted by atomic mass is 10.2. The molecule has 3 aromatic heterocycles. The van der Waals surface area contributed by atoms with Crippen molar-refractivity contribution >= 4 is 45.3 Å². The highest BCUT2D eigenvalue weighted by atomic mass is 32.2. The van der Waals surface area contributed by atoms with E-state index in [1.54, 1.807) is 34.4 Å². The molecule has 0 radical (unpaired) electrons. The minimum absolute atomic E-state index is 0.0813. The lowest BCUT2D eigenvalue weighted by Crippen LogP contribution is -2.22. The van der Waals surface area contributed by atoms with Crippen LogP contribution in [0.25, 0.3) is 21.5 Å². The maximum atomic E-state index is 12.9. The molecule has 0 saturated heterocycles. The summed E-state index contributed by atoms with van der Waals surface area (Å²) in [6.45, 7) is 0. The van der Waals surface area contributed by atoms with Gasteiger partial charge in [0.1, 0.15) is 5.01 Å². The maximum absolute atomic E-state index is 12.9. The standard InChI is InChI=1S/C19H15N3OS3/c23-18-15-3-1-2-4-16(15)21-19(22(18)14-5-6-14)26-11-13-10-25-17(20-13)12-7-8-24-9-12/h1-4,7-10,14H,5-6,11H2. The summed E-state index contributed by atoms with van der Waals surface area (Å²) < 4.78 is 1.89.